The first-order valence-corrected chi connectivity index (χ1v) is 3.90. The Morgan fingerprint density at radius 3 is 2.36 bits per heavy atom. The van der Waals surface area contributed by atoms with Crippen molar-refractivity contribution in [3.63, 3.8) is 0 Å². The summed E-state index contributed by atoms with van der Waals surface area (Å²) < 4.78 is 0. The molecule has 0 unspecified atom stereocenters. The maximum absolute atomic E-state index is 11.1. The summed E-state index contributed by atoms with van der Waals surface area (Å²) >= 11 is 0. The molecule has 0 aliphatic rings. The second kappa shape index (κ2) is 4.34. The summed E-state index contributed by atoms with van der Waals surface area (Å²) in [7, 11) is 0. The molecular formula is C8H17NO2. The van der Waals surface area contributed by atoms with Crippen molar-refractivity contribution in [3.8, 4) is 0 Å². The number of nitrogens with one attached hydrogen (secondary N) is 1. The van der Waals surface area contributed by atoms with E-state index in [0.717, 1.165) is 6.42 Å². The minimum Gasteiger partial charge on any atom is -0.274 e. The normalized spacial score (nSPS) is 11.3. The van der Waals surface area contributed by atoms with Gasteiger partial charge in [-0.25, -0.2) is 5.48 Å². The topological polar surface area (TPSA) is 38.3 Å². The minimum absolute atomic E-state index is 0.0778. The van der Waals surface area contributed by atoms with Crippen molar-refractivity contribution in [2.45, 2.75) is 34.1 Å². The maximum atomic E-state index is 11.1. The van der Waals surface area contributed by atoms with Gasteiger partial charge in [0.2, 0.25) is 5.91 Å². The first-order valence-electron chi connectivity index (χ1n) is 3.90. The first kappa shape index (κ1) is 10.4. The zero-order valence-electron chi connectivity index (χ0n) is 7.73. The van der Waals surface area contributed by atoms with Crippen molar-refractivity contribution in [1.29, 1.82) is 0 Å². The van der Waals surface area contributed by atoms with Crippen molar-refractivity contribution >= 4 is 5.91 Å². The van der Waals surface area contributed by atoms with E-state index in [2.05, 4.69) is 5.48 Å². The van der Waals surface area contributed by atoms with Crippen LogP contribution >= 0.6 is 0 Å². The van der Waals surface area contributed by atoms with E-state index in [-0.39, 0.29) is 11.3 Å². The standard InChI is InChI=1S/C8H17NO2/c1-5-6-11-9-7(10)8(2,3)4/h5-6H2,1-4H3,(H,9,10). The average molecular weight is 159 g/mol. The monoisotopic (exact) mass is 159 g/mol. The van der Waals surface area contributed by atoms with Gasteiger partial charge in [0.25, 0.3) is 0 Å². The second-order valence-electron chi connectivity index (χ2n) is 3.53. The average Bonchev–Trinajstić information content (AvgIpc) is 1.86. The lowest BCUT2D eigenvalue weighted by atomic mass is 9.96. The van der Waals surface area contributed by atoms with Gasteiger partial charge in [0.1, 0.15) is 0 Å². The molecule has 0 aromatic heterocycles. The van der Waals surface area contributed by atoms with Crippen molar-refractivity contribution in [1.82, 2.24) is 5.48 Å². The fourth-order valence-electron chi connectivity index (χ4n) is 0.372. The highest BCUT2D eigenvalue weighted by Crippen LogP contribution is 2.11. The largest absolute Gasteiger partial charge is 0.274 e. The van der Waals surface area contributed by atoms with Crippen LogP contribution in [0.15, 0.2) is 0 Å². The van der Waals surface area contributed by atoms with Crippen LogP contribution in [-0.4, -0.2) is 12.5 Å². The number of amides is 1. The molecule has 11 heavy (non-hydrogen) atoms. The summed E-state index contributed by atoms with van der Waals surface area (Å²) in [6.07, 6.45) is 0.907. The Morgan fingerprint density at radius 1 is 1.45 bits per heavy atom. The third kappa shape index (κ3) is 4.79. The van der Waals surface area contributed by atoms with E-state index in [1.807, 2.05) is 27.7 Å². The number of rotatable bonds is 3. The number of carbonyl (C=O) groups is 1. The van der Waals surface area contributed by atoms with Gasteiger partial charge in [-0.3, -0.25) is 9.63 Å². The van der Waals surface area contributed by atoms with Gasteiger partial charge in [-0.15, -0.1) is 0 Å². The summed E-state index contributed by atoms with van der Waals surface area (Å²) in [6.45, 7) is 8.10. The van der Waals surface area contributed by atoms with Crippen LogP contribution in [0.5, 0.6) is 0 Å². The molecule has 3 heteroatoms. The predicted octanol–water partition coefficient (Wildman–Crippen LogP) is 1.49. The Hall–Kier alpha value is -0.570. The van der Waals surface area contributed by atoms with E-state index in [0.29, 0.717) is 6.61 Å². The molecule has 0 bridgehead atoms. The summed E-state index contributed by atoms with van der Waals surface area (Å²) in [5, 5.41) is 0. The predicted molar refractivity (Wildman–Crippen MR) is 43.8 cm³/mol. The molecule has 3 nitrogen and oxygen atoms in total. The first-order chi connectivity index (χ1) is 4.98. The molecule has 0 aromatic rings. The molecule has 1 N–H and O–H groups in total. The van der Waals surface area contributed by atoms with Gasteiger partial charge in [-0.05, 0) is 6.42 Å². The molecule has 0 aliphatic heterocycles. The van der Waals surface area contributed by atoms with Crippen molar-refractivity contribution in [2.24, 2.45) is 5.41 Å². The Labute approximate surface area is 68.1 Å². The molecule has 0 saturated carbocycles. The lowest BCUT2D eigenvalue weighted by Crippen LogP contribution is -2.34. The molecule has 0 atom stereocenters. The molecule has 0 rings (SSSR count). The minimum atomic E-state index is -0.367. The molecule has 0 saturated heterocycles. The van der Waals surface area contributed by atoms with Gasteiger partial charge in [0, 0.05) is 5.41 Å². The van der Waals surface area contributed by atoms with Crippen LogP contribution in [0.3, 0.4) is 0 Å². The van der Waals surface area contributed by atoms with E-state index in [1.54, 1.807) is 0 Å². The Kier molecular flexibility index (Phi) is 4.11. The van der Waals surface area contributed by atoms with Crippen LogP contribution in [0, 0.1) is 5.41 Å². The molecule has 0 aromatic carbocycles. The van der Waals surface area contributed by atoms with Crippen LogP contribution in [0.4, 0.5) is 0 Å². The van der Waals surface area contributed by atoms with Crippen LogP contribution in [0.2, 0.25) is 0 Å². The Balaban J connectivity index is 3.54. The lowest BCUT2D eigenvalue weighted by molar-refractivity contribution is -0.141. The van der Waals surface area contributed by atoms with E-state index >= 15 is 0 Å². The van der Waals surface area contributed by atoms with Crippen molar-refractivity contribution < 1.29 is 9.63 Å². The molecule has 66 valence electrons. The van der Waals surface area contributed by atoms with Crippen LogP contribution in [-0.2, 0) is 9.63 Å². The number of hydroxylamine groups is 1. The molecule has 0 heterocycles. The highest BCUT2D eigenvalue weighted by atomic mass is 16.6. The summed E-state index contributed by atoms with van der Waals surface area (Å²) in [4.78, 5) is 16.0. The highest BCUT2D eigenvalue weighted by Gasteiger charge is 2.20. The van der Waals surface area contributed by atoms with Gasteiger partial charge in [0.15, 0.2) is 0 Å². The van der Waals surface area contributed by atoms with Gasteiger partial charge >= 0.3 is 0 Å². The zero-order valence-corrected chi connectivity index (χ0v) is 7.73. The Bertz CT molecular complexity index is 127. The van der Waals surface area contributed by atoms with E-state index in [1.165, 1.54) is 0 Å². The molecule has 1 amide bonds. The number of hydrogen-bond acceptors (Lipinski definition) is 2. The second-order valence-corrected chi connectivity index (χ2v) is 3.53. The zero-order chi connectivity index (χ0) is 8.91. The van der Waals surface area contributed by atoms with Crippen molar-refractivity contribution in [2.75, 3.05) is 6.61 Å². The molecule has 0 radical (unpaired) electrons. The molecule has 0 spiro atoms. The summed E-state index contributed by atoms with van der Waals surface area (Å²) in [5.74, 6) is -0.0778. The van der Waals surface area contributed by atoms with Gasteiger partial charge in [-0.1, -0.05) is 27.7 Å². The Morgan fingerprint density at radius 2 is 2.00 bits per heavy atom. The number of hydrogen-bond donors (Lipinski definition) is 1. The number of carbonyl (C=O) groups excluding carboxylic acids is 1. The van der Waals surface area contributed by atoms with E-state index in [9.17, 15) is 4.79 Å². The van der Waals surface area contributed by atoms with Crippen LogP contribution in [0.1, 0.15) is 34.1 Å². The van der Waals surface area contributed by atoms with Crippen LogP contribution < -0.4 is 5.48 Å². The van der Waals surface area contributed by atoms with Gasteiger partial charge in [-0.2, -0.15) is 0 Å². The SMILES string of the molecule is CCCONC(=O)C(C)(C)C. The van der Waals surface area contributed by atoms with Crippen molar-refractivity contribution in [3.05, 3.63) is 0 Å². The molecular weight excluding hydrogens is 142 g/mol. The highest BCUT2D eigenvalue weighted by molar-refractivity contribution is 5.80. The summed E-state index contributed by atoms with van der Waals surface area (Å²) in [5.41, 5.74) is 2.02. The lowest BCUT2D eigenvalue weighted by Gasteiger charge is -2.16. The van der Waals surface area contributed by atoms with E-state index in [4.69, 9.17) is 4.84 Å². The maximum Gasteiger partial charge on any atom is 0.248 e. The fraction of sp³-hybridized carbons (Fsp3) is 0.875. The van der Waals surface area contributed by atoms with Gasteiger partial charge in [0.05, 0.1) is 6.61 Å². The summed E-state index contributed by atoms with van der Waals surface area (Å²) in [6, 6.07) is 0. The van der Waals surface area contributed by atoms with Crippen LogP contribution in [0.25, 0.3) is 0 Å². The third-order valence-corrected chi connectivity index (χ3v) is 1.15. The molecule has 0 aliphatic carbocycles. The smallest absolute Gasteiger partial charge is 0.248 e. The fourth-order valence-corrected chi connectivity index (χ4v) is 0.372. The van der Waals surface area contributed by atoms with E-state index < -0.39 is 0 Å². The molecule has 0 fully saturated rings. The third-order valence-electron chi connectivity index (χ3n) is 1.15. The quantitative estimate of drug-likeness (QED) is 0.500. The van der Waals surface area contributed by atoms with Gasteiger partial charge < -0.3 is 0 Å².